The quantitative estimate of drug-likeness (QED) is 0.538. The zero-order chi connectivity index (χ0) is 25.0. The lowest BCUT2D eigenvalue weighted by Gasteiger charge is -2.30. The van der Waals surface area contributed by atoms with E-state index in [1.165, 1.54) is 10.7 Å². The van der Waals surface area contributed by atoms with Gasteiger partial charge in [-0.05, 0) is 50.0 Å². The van der Waals surface area contributed by atoms with Gasteiger partial charge in [0, 0.05) is 18.9 Å². The van der Waals surface area contributed by atoms with Gasteiger partial charge in [-0.15, -0.1) is 0 Å². The van der Waals surface area contributed by atoms with Crippen LogP contribution in [0.2, 0.25) is 0 Å². The van der Waals surface area contributed by atoms with Gasteiger partial charge in [-0.1, -0.05) is 13.8 Å². The zero-order valence-corrected chi connectivity index (χ0v) is 20.5. The molecule has 0 unspecified atom stereocenters. The molecule has 9 nitrogen and oxygen atoms in total. The topological polar surface area (TPSA) is 89.6 Å². The number of ether oxygens (including phenoxy) is 1. The number of nitrogens with zero attached hydrogens (tertiary/aromatic N) is 6. The molecule has 36 heavy (non-hydrogen) atoms. The first-order valence-electron chi connectivity index (χ1n) is 12.8. The van der Waals surface area contributed by atoms with Crippen LogP contribution in [-0.4, -0.2) is 55.6 Å². The minimum atomic E-state index is -2.80. The molecule has 5 heterocycles. The maximum Gasteiger partial charge on any atom is 0.284 e. The Morgan fingerprint density at radius 2 is 2.00 bits per heavy atom. The molecule has 0 aromatic carbocycles. The van der Waals surface area contributed by atoms with Crippen LogP contribution < -0.4 is 10.2 Å². The van der Waals surface area contributed by atoms with Crippen LogP contribution in [0.3, 0.4) is 0 Å². The van der Waals surface area contributed by atoms with E-state index in [0.717, 1.165) is 44.5 Å². The molecular formula is C25H31F2N7O2. The summed E-state index contributed by atoms with van der Waals surface area (Å²) < 4.78 is 36.5. The van der Waals surface area contributed by atoms with Crippen molar-refractivity contribution >= 4 is 23.1 Å². The van der Waals surface area contributed by atoms with Crippen LogP contribution in [0.5, 0.6) is 0 Å². The van der Waals surface area contributed by atoms with E-state index >= 15 is 0 Å². The summed E-state index contributed by atoms with van der Waals surface area (Å²) >= 11 is 0. The summed E-state index contributed by atoms with van der Waals surface area (Å²) in [5, 5.41) is 11.1. The lowest BCUT2D eigenvalue weighted by molar-refractivity contribution is 0.0988. The molecule has 2 aliphatic heterocycles. The number of amides is 1. The van der Waals surface area contributed by atoms with Gasteiger partial charge in [0.25, 0.3) is 12.3 Å². The molecule has 1 N–H and O–H groups in total. The van der Waals surface area contributed by atoms with Gasteiger partial charge in [0.2, 0.25) is 0 Å². The fourth-order valence-electron chi connectivity index (χ4n) is 5.93. The molecule has 0 spiro atoms. The third kappa shape index (κ3) is 4.12. The average Bonchev–Trinajstić information content (AvgIpc) is 3.66. The van der Waals surface area contributed by atoms with Gasteiger partial charge in [0.15, 0.2) is 11.3 Å². The van der Waals surface area contributed by atoms with E-state index in [1.807, 2.05) is 6.07 Å². The Kier molecular flexibility index (Phi) is 5.89. The minimum absolute atomic E-state index is 0.0329. The first-order valence-corrected chi connectivity index (χ1v) is 12.8. The minimum Gasteiger partial charge on any atom is -0.374 e. The molecule has 3 fully saturated rings. The second-order valence-electron chi connectivity index (χ2n) is 10.6. The van der Waals surface area contributed by atoms with Crippen LogP contribution in [0.4, 0.5) is 20.3 Å². The monoisotopic (exact) mass is 499 g/mol. The van der Waals surface area contributed by atoms with E-state index in [-0.39, 0.29) is 29.4 Å². The van der Waals surface area contributed by atoms with E-state index in [9.17, 15) is 13.6 Å². The fourth-order valence-corrected chi connectivity index (χ4v) is 5.93. The summed E-state index contributed by atoms with van der Waals surface area (Å²) in [4.78, 5) is 20.1. The number of halogens is 2. The van der Waals surface area contributed by atoms with Crippen molar-refractivity contribution in [2.75, 3.05) is 23.4 Å². The van der Waals surface area contributed by atoms with Gasteiger partial charge in [-0.25, -0.2) is 18.3 Å². The highest BCUT2D eigenvalue weighted by molar-refractivity contribution is 6.08. The summed E-state index contributed by atoms with van der Waals surface area (Å²) in [5.41, 5.74) is 0.229. The number of carbonyl (C=O) groups is 1. The van der Waals surface area contributed by atoms with Gasteiger partial charge in [-0.3, -0.25) is 9.48 Å². The highest BCUT2D eigenvalue weighted by Gasteiger charge is 2.39. The Labute approximate surface area is 207 Å². The molecule has 2 saturated heterocycles. The predicted octanol–water partition coefficient (Wildman–Crippen LogP) is 4.48. The Bertz CT molecular complexity index is 1260. The number of rotatable bonds is 6. The third-order valence-electron chi connectivity index (χ3n) is 8.07. The van der Waals surface area contributed by atoms with Crippen molar-refractivity contribution in [3.63, 3.8) is 0 Å². The van der Waals surface area contributed by atoms with E-state index in [1.54, 1.807) is 17.1 Å². The maximum absolute atomic E-state index is 13.8. The molecule has 2 atom stereocenters. The summed E-state index contributed by atoms with van der Waals surface area (Å²) in [7, 11) is 0. The number of hydrogen-bond donors (Lipinski definition) is 1. The number of alkyl halides is 2. The first kappa shape index (κ1) is 23.3. The average molecular weight is 500 g/mol. The molecule has 6 rings (SSSR count). The van der Waals surface area contributed by atoms with Crippen molar-refractivity contribution in [2.24, 2.45) is 11.8 Å². The van der Waals surface area contributed by atoms with Crippen LogP contribution in [0.1, 0.15) is 74.5 Å². The SMILES string of the molecule is CC(C)[C@H]1CC[C@H](n2cc(NC(=O)c3cnn4ccc(N5C[C@@H]6C[C@H]5CO6)nc34)c(C(F)F)n2)CC1. The van der Waals surface area contributed by atoms with Crippen LogP contribution in [-0.2, 0) is 4.74 Å². The fraction of sp³-hybridized carbons (Fsp3) is 0.600. The smallest absolute Gasteiger partial charge is 0.284 e. The zero-order valence-electron chi connectivity index (χ0n) is 20.5. The summed E-state index contributed by atoms with van der Waals surface area (Å²) in [6, 6.07) is 2.21. The van der Waals surface area contributed by atoms with Gasteiger partial charge < -0.3 is 15.0 Å². The highest BCUT2D eigenvalue weighted by Crippen LogP contribution is 2.37. The number of morpholine rings is 1. The summed E-state index contributed by atoms with van der Waals surface area (Å²) in [5.74, 6) is 1.49. The van der Waals surface area contributed by atoms with Gasteiger partial charge in [-0.2, -0.15) is 10.2 Å². The molecule has 1 amide bonds. The van der Waals surface area contributed by atoms with E-state index in [4.69, 9.17) is 9.72 Å². The molecule has 11 heteroatoms. The number of aromatic nitrogens is 5. The molecule has 1 aliphatic carbocycles. The Balaban J connectivity index is 1.23. The van der Waals surface area contributed by atoms with Crippen LogP contribution in [0, 0.1) is 11.8 Å². The van der Waals surface area contributed by atoms with Gasteiger partial charge in [0.05, 0.1) is 36.7 Å². The largest absolute Gasteiger partial charge is 0.374 e. The lowest BCUT2D eigenvalue weighted by atomic mass is 9.80. The van der Waals surface area contributed by atoms with E-state index in [0.29, 0.717) is 24.1 Å². The molecule has 3 aromatic heterocycles. The normalized spacial score (nSPS) is 26.0. The number of hydrogen-bond acceptors (Lipinski definition) is 6. The van der Waals surface area contributed by atoms with E-state index < -0.39 is 18.0 Å². The Hall–Kier alpha value is -3.08. The van der Waals surface area contributed by atoms with Crippen molar-refractivity contribution in [3.05, 3.63) is 35.9 Å². The van der Waals surface area contributed by atoms with Crippen molar-refractivity contribution in [3.8, 4) is 0 Å². The molecule has 0 radical (unpaired) electrons. The summed E-state index contributed by atoms with van der Waals surface area (Å²) in [6.07, 6.45) is 7.00. The number of anilines is 2. The van der Waals surface area contributed by atoms with Crippen LogP contribution in [0.15, 0.2) is 24.7 Å². The molecule has 2 bridgehead atoms. The van der Waals surface area contributed by atoms with Crippen molar-refractivity contribution in [2.45, 2.75) is 70.6 Å². The van der Waals surface area contributed by atoms with Crippen molar-refractivity contribution in [1.82, 2.24) is 24.4 Å². The van der Waals surface area contributed by atoms with Crippen molar-refractivity contribution in [1.29, 1.82) is 0 Å². The molecule has 3 aromatic rings. The molecule has 192 valence electrons. The molecular weight excluding hydrogens is 468 g/mol. The first-order chi connectivity index (χ1) is 17.4. The van der Waals surface area contributed by atoms with Gasteiger partial charge in [0.1, 0.15) is 11.4 Å². The van der Waals surface area contributed by atoms with Crippen molar-refractivity contribution < 1.29 is 18.3 Å². The number of carbonyl (C=O) groups excluding carboxylic acids is 1. The van der Waals surface area contributed by atoms with Crippen LogP contribution in [0.25, 0.3) is 5.65 Å². The van der Waals surface area contributed by atoms with E-state index in [2.05, 4.69) is 34.3 Å². The maximum atomic E-state index is 13.8. The Morgan fingerprint density at radius 3 is 2.67 bits per heavy atom. The molecule has 1 saturated carbocycles. The van der Waals surface area contributed by atoms with Gasteiger partial charge >= 0.3 is 0 Å². The summed E-state index contributed by atoms with van der Waals surface area (Å²) in [6.45, 7) is 5.88. The number of nitrogens with one attached hydrogen (secondary N) is 1. The second kappa shape index (κ2) is 9.10. The standard InChI is InChI=1S/C25H31F2N7O2/c1-14(2)15-3-5-16(6-4-15)34-12-20(22(31-34)23(26)27)29-25(35)19-10-28-33-8-7-21(30-24(19)33)32-11-18-9-17(32)13-36-18/h7-8,10,12,14-18,23H,3-6,9,11,13H2,1-2H3,(H,29,35)/t15-,16-,17-,18-/m0/s1. The third-order valence-corrected chi connectivity index (χ3v) is 8.07. The van der Waals surface area contributed by atoms with Crippen LogP contribution >= 0.6 is 0 Å². The second-order valence-corrected chi connectivity index (χ2v) is 10.6. The lowest BCUT2D eigenvalue weighted by Crippen LogP contribution is -2.37. The Morgan fingerprint density at radius 1 is 1.19 bits per heavy atom. The number of fused-ring (bicyclic) bond motifs is 3. The molecule has 3 aliphatic rings. The highest BCUT2D eigenvalue weighted by atomic mass is 19.3. The predicted molar refractivity (Wildman–Crippen MR) is 129 cm³/mol.